The summed E-state index contributed by atoms with van der Waals surface area (Å²) in [6.45, 7) is 5.44. The van der Waals surface area contributed by atoms with E-state index in [2.05, 4.69) is 30.2 Å². The average Bonchev–Trinajstić information content (AvgIpc) is 3.46. The van der Waals surface area contributed by atoms with Crippen LogP contribution in [-0.2, 0) is 11.8 Å². The molecule has 0 bridgehead atoms. The van der Waals surface area contributed by atoms with E-state index in [1.807, 2.05) is 46.9 Å². The van der Waals surface area contributed by atoms with Crippen LogP contribution in [0.15, 0.2) is 78.0 Å². The Morgan fingerprint density at radius 2 is 1.78 bits per heavy atom. The fourth-order valence-electron chi connectivity index (χ4n) is 4.94. The van der Waals surface area contributed by atoms with Crippen LogP contribution in [0.2, 0.25) is 0 Å². The molecular formula is C29H27FN4O2. The second kappa shape index (κ2) is 8.60. The summed E-state index contributed by atoms with van der Waals surface area (Å²) >= 11 is 0. The Morgan fingerprint density at radius 1 is 1.06 bits per heavy atom. The van der Waals surface area contributed by atoms with Crippen LogP contribution in [0.5, 0.6) is 0 Å². The number of rotatable bonds is 5. The third-order valence-electron chi connectivity index (χ3n) is 7.19. The minimum atomic E-state index is -0.266. The number of nitrogens with zero attached hydrogens (tertiary/aromatic N) is 4. The van der Waals surface area contributed by atoms with Gasteiger partial charge in [0.25, 0.3) is 5.56 Å². The van der Waals surface area contributed by atoms with Crippen LogP contribution in [0.3, 0.4) is 0 Å². The largest absolute Gasteiger partial charge is 0.377 e. The minimum Gasteiger partial charge on any atom is -0.377 e. The third kappa shape index (κ3) is 3.67. The van der Waals surface area contributed by atoms with Crippen molar-refractivity contribution in [1.82, 2.24) is 18.9 Å². The van der Waals surface area contributed by atoms with Crippen molar-refractivity contribution in [3.05, 3.63) is 106 Å². The van der Waals surface area contributed by atoms with Gasteiger partial charge in [0, 0.05) is 42.0 Å². The summed E-state index contributed by atoms with van der Waals surface area (Å²) in [6.07, 6.45) is 5.78. The van der Waals surface area contributed by atoms with E-state index >= 15 is 0 Å². The van der Waals surface area contributed by atoms with E-state index in [4.69, 9.17) is 4.74 Å². The summed E-state index contributed by atoms with van der Waals surface area (Å²) in [7, 11) is 1.78. The lowest BCUT2D eigenvalue weighted by Gasteiger charge is -2.25. The van der Waals surface area contributed by atoms with E-state index in [0.717, 1.165) is 39.0 Å². The van der Waals surface area contributed by atoms with Crippen molar-refractivity contribution < 1.29 is 9.13 Å². The van der Waals surface area contributed by atoms with Crippen LogP contribution < -0.4 is 5.56 Å². The molecule has 2 aromatic carbocycles. The number of ether oxygens (including phenoxy) is 1. The molecule has 1 atom stereocenters. The van der Waals surface area contributed by atoms with Crippen molar-refractivity contribution >= 4 is 10.9 Å². The fourth-order valence-corrected chi connectivity index (χ4v) is 4.94. The number of fused-ring (bicyclic) bond motifs is 1. The highest BCUT2D eigenvalue weighted by molar-refractivity contribution is 5.91. The zero-order valence-corrected chi connectivity index (χ0v) is 20.5. The zero-order chi connectivity index (χ0) is 25.0. The maximum atomic E-state index is 13.6. The lowest BCUT2D eigenvalue weighted by atomic mass is 9.92. The van der Waals surface area contributed by atoms with Crippen LogP contribution >= 0.6 is 0 Å². The monoisotopic (exact) mass is 482 g/mol. The lowest BCUT2D eigenvalue weighted by molar-refractivity contribution is -0.0286. The van der Waals surface area contributed by atoms with Crippen LogP contribution in [-0.4, -0.2) is 32.1 Å². The first-order valence-electron chi connectivity index (χ1n) is 12.1. The van der Waals surface area contributed by atoms with Crippen molar-refractivity contribution in [3.8, 4) is 16.9 Å². The Bertz CT molecular complexity index is 1620. The molecule has 0 spiro atoms. The first kappa shape index (κ1) is 22.5. The maximum absolute atomic E-state index is 13.6. The van der Waals surface area contributed by atoms with Gasteiger partial charge in [-0.1, -0.05) is 36.8 Å². The highest BCUT2D eigenvalue weighted by Crippen LogP contribution is 2.36. The van der Waals surface area contributed by atoms with Gasteiger partial charge in [-0.2, -0.15) is 5.10 Å². The second-order valence-electron chi connectivity index (χ2n) is 9.64. The number of aryl methyl sites for hydroxylation is 2. The molecular weight excluding hydrogens is 455 g/mol. The molecule has 4 heterocycles. The standard InChI is InChI=1S/C29H27FN4O2/c1-18-4-10-23(11-5-18)34-27(21-13-31-33(14-21)24-16-36-17-24)12-25-26(15-32(3)29(35)28(25)34)19(2)20-6-8-22(30)9-7-20/h4-15,19,24H,16-17H2,1-3H3. The van der Waals surface area contributed by atoms with E-state index in [9.17, 15) is 9.18 Å². The molecule has 7 heteroatoms. The van der Waals surface area contributed by atoms with E-state index in [0.29, 0.717) is 18.7 Å². The fraction of sp³-hybridized carbons (Fsp3) is 0.241. The third-order valence-corrected chi connectivity index (χ3v) is 7.19. The first-order chi connectivity index (χ1) is 17.4. The van der Waals surface area contributed by atoms with E-state index in [-0.39, 0.29) is 23.3 Å². The highest BCUT2D eigenvalue weighted by atomic mass is 19.1. The molecule has 182 valence electrons. The lowest BCUT2D eigenvalue weighted by Crippen LogP contribution is -2.30. The van der Waals surface area contributed by atoms with Gasteiger partial charge in [0.05, 0.1) is 31.1 Å². The molecule has 1 fully saturated rings. The normalized spacial score (nSPS) is 14.8. The first-order valence-corrected chi connectivity index (χ1v) is 12.1. The Kier molecular flexibility index (Phi) is 5.38. The Hall–Kier alpha value is -3.97. The Balaban J connectivity index is 1.62. The zero-order valence-electron chi connectivity index (χ0n) is 20.5. The number of aromatic nitrogens is 4. The van der Waals surface area contributed by atoms with Crippen LogP contribution in [0.4, 0.5) is 4.39 Å². The second-order valence-corrected chi connectivity index (χ2v) is 9.64. The van der Waals surface area contributed by atoms with Crippen LogP contribution in [0.25, 0.3) is 27.8 Å². The van der Waals surface area contributed by atoms with Gasteiger partial charge in [0.15, 0.2) is 0 Å². The molecule has 5 aromatic rings. The Labute approximate surface area is 208 Å². The summed E-state index contributed by atoms with van der Waals surface area (Å²) in [6, 6.07) is 17.1. The van der Waals surface area contributed by atoms with Gasteiger partial charge in [0.1, 0.15) is 11.3 Å². The summed E-state index contributed by atoms with van der Waals surface area (Å²) < 4.78 is 24.6. The highest BCUT2D eigenvalue weighted by Gasteiger charge is 2.25. The molecule has 0 radical (unpaired) electrons. The molecule has 36 heavy (non-hydrogen) atoms. The van der Waals surface area contributed by atoms with Gasteiger partial charge in [-0.25, -0.2) is 4.39 Å². The molecule has 3 aromatic heterocycles. The van der Waals surface area contributed by atoms with Crippen molar-refractivity contribution in [2.24, 2.45) is 7.05 Å². The predicted molar refractivity (Wildman–Crippen MR) is 138 cm³/mol. The SMILES string of the molecule is Cc1ccc(-n2c(-c3cnn(C4COC4)c3)cc3c(C(C)c4ccc(F)cc4)cn(C)c(=O)c32)cc1. The quantitative estimate of drug-likeness (QED) is 0.339. The number of pyridine rings is 1. The summed E-state index contributed by atoms with van der Waals surface area (Å²) in [4.78, 5) is 13.6. The predicted octanol–water partition coefficient (Wildman–Crippen LogP) is 5.36. The van der Waals surface area contributed by atoms with Gasteiger partial charge in [-0.3, -0.25) is 9.48 Å². The summed E-state index contributed by atoms with van der Waals surface area (Å²) in [5.74, 6) is -0.310. The van der Waals surface area contributed by atoms with Crippen molar-refractivity contribution in [2.45, 2.75) is 25.8 Å². The van der Waals surface area contributed by atoms with E-state index in [1.165, 1.54) is 12.1 Å². The van der Waals surface area contributed by atoms with E-state index in [1.54, 1.807) is 23.7 Å². The minimum absolute atomic E-state index is 0.0449. The molecule has 6 nitrogen and oxygen atoms in total. The topological polar surface area (TPSA) is 54.0 Å². The maximum Gasteiger partial charge on any atom is 0.275 e. The van der Waals surface area contributed by atoms with Gasteiger partial charge in [0.2, 0.25) is 0 Å². The molecule has 0 amide bonds. The smallest absolute Gasteiger partial charge is 0.275 e. The molecule has 0 N–H and O–H groups in total. The van der Waals surface area contributed by atoms with Crippen molar-refractivity contribution in [1.29, 1.82) is 0 Å². The molecule has 1 saturated heterocycles. The summed E-state index contributed by atoms with van der Waals surface area (Å²) in [5.41, 5.74) is 6.41. The van der Waals surface area contributed by atoms with Gasteiger partial charge >= 0.3 is 0 Å². The Morgan fingerprint density at radius 3 is 2.44 bits per heavy atom. The van der Waals surface area contributed by atoms with Crippen molar-refractivity contribution in [2.75, 3.05) is 13.2 Å². The average molecular weight is 483 g/mol. The number of halogens is 1. The molecule has 1 aliphatic heterocycles. The number of benzene rings is 2. The van der Waals surface area contributed by atoms with Crippen LogP contribution in [0.1, 0.15) is 35.6 Å². The van der Waals surface area contributed by atoms with Crippen molar-refractivity contribution in [3.63, 3.8) is 0 Å². The molecule has 1 aliphatic rings. The van der Waals surface area contributed by atoms with Gasteiger partial charge in [-0.15, -0.1) is 0 Å². The van der Waals surface area contributed by atoms with Crippen LogP contribution in [0, 0.1) is 12.7 Å². The number of hydrogen-bond donors (Lipinski definition) is 0. The molecule has 0 aliphatic carbocycles. The summed E-state index contributed by atoms with van der Waals surface area (Å²) in [5, 5.41) is 5.47. The van der Waals surface area contributed by atoms with Gasteiger partial charge in [-0.05, 0) is 48.4 Å². The molecule has 0 saturated carbocycles. The number of hydrogen-bond acceptors (Lipinski definition) is 3. The molecule has 1 unspecified atom stereocenters. The van der Waals surface area contributed by atoms with E-state index < -0.39 is 0 Å². The molecule has 6 rings (SSSR count). The van der Waals surface area contributed by atoms with Gasteiger partial charge < -0.3 is 13.9 Å².